The molecule has 0 aliphatic heterocycles. The molecule has 0 aliphatic rings. The Labute approximate surface area is 228 Å². The van der Waals surface area contributed by atoms with E-state index < -0.39 is 31.5 Å². The number of aliphatic hydroxyl groups excluding tert-OH is 2. The monoisotopic (exact) mass is 587 g/mol. The summed E-state index contributed by atoms with van der Waals surface area (Å²) in [6, 6.07) is 22.8. The lowest BCUT2D eigenvalue weighted by Gasteiger charge is -2.37. The predicted octanol–water partition coefficient (Wildman–Crippen LogP) is 5.21. The van der Waals surface area contributed by atoms with Gasteiger partial charge in [-0.05, 0) is 60.7 Å². The van der Waals surface area contributed by atoms with Gasteiger partial charge in [-0.15, -0.1) is 0 Å². The molecule has 3 rings (SSSR count). The van der Waals surface area contributed by atoms with Gasteiger partial charge in [0.1, 0.15) is 18.5 Å². The molecule has 6 N–H and O–H groups in total. The van der Waals surface area contributed by atoms with Gasteiger partial charge >= 0.3 is 13.3 Å². The van der Waals surface area contributed by atoms with Crippen LogP contribution in [0.25, 0.3) is 0 Å². The third-order valence-corrected chi connectivity index (χ3v) is 8.31. The van der Waals surface area contributed by atoms with Crippen molar-refractivity contribution in [2.45, 2.75) is 53.0 Å². The van der Waals surface area contributed by atoms with Crippen LogP contribution >= 0.6 is 31.0 Å². The fourth-order valence-corrected chi connectivity index (χ4v) is 5.54. The first-order valence-electron chi connectivity index (χ1n) is 11.6. The van der Waals surface area contributed by atoms with Crippen molar-refractivity contribution in [3.05, 3.63) is 88.9 Å². The third kappa shape index (κ3) is 7.77. The van der Waals surface area contributed by atoms with Crippen LogP contribution in [-0.2, 0) is 17.6 Å². The lowest BCUT2D eigenvalue weighted by molar-refractivity contribution is -0.106. The molecule has 0 aromatic heterocycles. The lowest BCUT2D eigenvalue weighted by atomic mass is 9.87. The fraction of sp³-hybridized carbons (Fsp3) is 0.308. The predicted molar refractivity (Wildman–Crippen MR) is 143 cm³/mol. The number of benzene rings is 3. The van der Waals surface area contributed by atoms with Crippen LogP contribution in [0.1, 0.15) is 24.0 Å². The second kappa shape index (κ2) is 12.9. The number of hydrogen-bond donors (Lipinski definition) is 5. The Morgan fingerprint density at radius 1 is 1.03 bits per heavy atom. The molecule has 0 bridgehead atoms. The molecule has 2 unspecified atom stereocenters. The highest BCUT2D eigenvalue weighted by Gasteiger charge is 2.60. The summed E-state index contributed by atoms with van der Waals surface area (Å²) in [6.07, 6.45) is -2.87. The van der Waals surface area contributed by atoms with Gasteiger partial charge in [-0.3, -0.25) is 4.57 Å². The number of ether oxygens (including phenoxy) is 1. The Balaban J connectivity index is 1.59. The number of halogens is 3. The molecule has 2 atom stereocenters. The summed E-state index contributed by atoms with van der Waals surface area (Å²) in [5.74, 6) is 0.724. The largest absolute Gasteiger partial charge is 0.489 e. The van der Waals surface area contributed by atoms with Gasteiger partial charge in [0.15, 0.2) is 0 Å². The molecule has 38 heavy (non-hydrogen) atoms. The van der Waals surface area contributed by atoms with E-state index in [0.717, 1.165) is 21.1 Å². The number of alkyl halides is 2. The molecule has 0 saturated carbocycles. The molecule has 7 nitrogen and oxygen atoms in total. The van der Waals surface area contributed by atoms with Crippen molar-refractivity contribution in [2.75, 3.05) is 6.61 Å². The average Bonchev–Trinajstić information content (AvgIpc) is 2.88. The summed E-state index contributed by atoms with van der Waals surface area (Å²) < 4.78 is 44.9. The maximum absolute atomic E-state index is 14.0. The van der Waals surface area contributed by atoms with Gasteiger partial charge in [-0.1, -0.05) is 65.8 Å². The number of nitrogens with two attached hydrogens (primary N) is 1. The third-order valence-electron chi connectivity index (χ3n) is 5.96. The second-order valence-electron chi connectivity index (χ2n) is 8.88. The van der Waals surface area contributed by atoms with Gasteiger partial charge in [0, 0.05) is 14.8 Å². The van der Waals surface area contributed by atoms with Crippen LogP contribution in [-0.4, -0.2) is 43.9 Å². The molecule has 0 aliphatic carbocycles. The summed E-state index contributed by atoms with van der Waals surface area (Å²) >= 11 is 7.91. The molecular weight excluding hydrogens is 559 g/mol. The van der Waals surface area contributed by atoms with Crippen LogP contribution in [0.5, 0.6) is 5.75 Å². The summed E-state index contributed by atoms with van der Waals surface area (Å²) in [6.45, 7) is -0.648. The van der Waals surface area contributed by atoms with E-state index >= 15 is 0 Å². The van der Waals surface area contributed by atoms with Crippen molar-refractivity contribution in [1.29, 1.82) is 0 Å². The molecular formula is C26H29ClF2NO6PS. The minimum absolute atomic E-state index is 0.123. The van der Waals surface area contributed by atoms with E-state index in [4.69, 9.17) is 31.9 Å². The van der Waals surface area contributed by atoms with Crippen molar-refractivity contribution < 1.29 is 38.1 Å². The highest BCUT2D eigenvalue weighted by atomic mass is 35.5. The number of aryl methyl sites for hydroxylation is 1. The maximum atomic E-state index is 14.0. The molecule has 0 amide bonds. The van der Waals surface area contributed by atoms with Crippen LogP contribution in [0.4, 0.5) is 8.78 Å². The first-order valence-corrected chi connectivity index (χ1v) is 14.4. The van der Waals surface area contributed by atoms with E-state index in [1.807, 2.05) is 60.7 Å². The van der Waals surface area contributed by atoms with Gasteiger partial charge in [0.2, 0.25) is 0 Å². The van der Waals surface area contributed by atoms with Gasteiger partial charge < -0.3 is 30.5 Å². The van der Waals surface area contributed by atoms with Gasteiger partial charge in [-0.25, -0.2) is 0 Å². The van der Waals surface area contributed by atoms with E-state index in [0.29, 0.717) is 17.2 Å². The van der Waals surface area contributed by atoms with Crippen LogP contribution in [0.15, 0.2) is 82.6 Å². The number of aliphatic hydroxyl groups is 2. The molecule has 0 fully saturated rings. The zero-order chi connectivity index (χ0) is 28.0. The molecule has 0 spiro atoms. The molecule has 12 heteroatoms. The molecule has 0 saturated heterocycles. The Kier molecular flexibility index (Phi) is 10.4. The Bertz CT molecular complexity index is 1270. The maximum Gasteiger partial charge on any atom is 0.397 e. The fourth-order valence-electron chi connectivity index (χ4n) is 3.71. The van der Waals surface area contributed by atoms with Crippen LogP contribution < -0.4 is 10.5 Å². The minimum atomic E-state index is -5.99. The smallest absolute Gasteiger partial charge is 0.397 e. The van der Waals surface area contributed by atoms with Crippen molar-refractivity contribution in [1.82, 2.24) is 0 Å². The summed E-state index contributed by atoms with van der Waals surface area (Å²) in [5.41, 5.74) is 0.360. The molecule has 0 radical (unpaired) electrons. The van der Waals surface area contributed by atoms with E-state index in [2.05, 4.69) is 0 Å². The minimum Gasteiger partial charge on any atom is -0.489 e. The zero-order valence-electron chi connectivity index (χ0n) is 20.2. The normalized spacial score (nSPS) is 14.6. The highest BCUT2D eigenvalue weighted by molar-refractivity contribution is 7.99. The number of hydrogen-bond acceptors (Lipinski definition) is 6. The Hall–Kier alpha value is -2.01. The average molecular weight is 588 g/mol. The zero-order valence-corrected chi connectivity index (χ0v) is 22.7. The molecule has 206 valence electrons. The van der Waals surface area contributed by atoms with Crippen molar-refractivity contribution in [3.8, 4) is 5.75 Å². The van der Waals surface area contributed by atoms with Gasteiger partial charge in [0.05, 0.1) is 12.1 Å². The van der Waals surface area contributed by atoms with Crippen molar-refractivity contribution in [3.63, 3.8) is 0 Å². The quantitative estimate of drug-likeness (QED) is 0.172. The first-order chi connectivity index (χ1) is 17.9. The van der Waals surface area contributed by atoms with Crippen LogP contribution in [0.3, 0.4) is 0 Å². The Morgan fingerprint density at radius 2 is 1.71 bits per heavy atom. The SMILES string of the molecule is NC(CO)(CCCc1ccc(Sc2cccc(OCc3ccccc3)c2)cc1Cl)C(O)C(F)(F)P(=O)(O)O. The molecule has 3 aromatic carbocycles. The molecule has 3 aromatic rings. The van der Waals surface area contributed by atoms with Crippen molar-refractivity contribution >= 4 is 31.0 Å². The van der Waals surface area contributed by atoms with Gasteiger partial charge in [0.25, 0.3) is 0 Å². The first kappa shape index (κ1) is 30.5. The second-order valence-corrected chi connectivity index (χ2v) is 12.1. The van der Waals surface area contributed by atoms with E-state index in [9.17, 15) is 23.6 Å². The van der Waals surface area contributed by atoms with Crippen molar-refractivity contribution in [2.24, 2.45) is 5.73 Å². The highest BCUT2D eigenvalue weighted by Crippen LogP contribution is 2.56. The Morgan fingerprint density at radius 3 is 2.34 bits per heavy atom. The topological polar surface area (TPSA) is 133 Å². The molecule has 0 heterocycles. The lowest BCUT2D eigenvalue weighted by Crippen LogP contribution is -2.60. The van der Waals surface area contributed by atoms with E-state index in [1.54, 1.807) is 12.1 Å². The standard InChI is InChI=1S/C26H29ClF2NO6PS/c27-23-15-22(38-21-10-4-9-20(14-21)36-16-18-6-2-1-3-7-18)12-11-19(23)8-5-13-25(30,17-31)24(32)26(28,29)37(33,34)35/h1-4,6-7,9-12,14-15,24,31-32H,5,8,13,16-17,30H2,(H2,33,34,35). The van der Waals surface area contributed by atoms with Crippen LogP contribution in [0.2, 0.25) is 5.02 Å². The van der Waals surface area contributed by atoms with Crippen LogP contribution in [0, 0.1) is 0 Å². The number of rotatable bonds is 13. The van der Waals surface area contributed by atoms with E-state index in [1.165, 1.54) is 11.8 Å². The van der Waals surface area contributed by atoms with Gasteiger partial charge in [-0.2, -0.15) is 8.78 Å². The summed E-state index contributed by atoms with van der Waals surface area (Å²) in [5, 5.41) is 19.9. The summed E-state index contributed by atoms with van der Waals surface area (Å²) in [4.78, 5) is 19.5. The summed E-state index contributed by atoms with van der Waals surface area (Å²) in [7, 11) is -5.99. The van der Waals surface area contributed by atoms with E-state index in [-0.39, 0.29) is 19.3 Å².